The Balaban J connectivity index is 2.00. The van der Waals surface area contributed by atoms with Gasteiger partial charge in [0, 0.05) is 0 Å². The smallest absolute Gasteiger partial charge is 0.0542 e. The van der Waals surface area contributed by atoms with Crippen LogP contribution in [0.15, 0.2) is 0 Å². The topological polar surface area (TPSA) is 20.2 Å². The molecule has 1 heteroatoms. The lowest BCUT2D eigenvalue weighted by Gasteiger charge is -2.25. The Bertz CT molecular complexity index is 122. The van der Waals surface area contributed by atoms with Crippen LogP contribution in [0, 0.1) is 5.92 Å². The monoisotopic (exact) mass is 184 g/mol. The minimum atomic E-state index is 0.0184. The zero-order valence-corrected chi connectivity index (χ0v) is 8.97. The van der Waals surface area contributed by atoms with Gasteiger partial charge in [-0.25, -0.2) is 0 Å². The molecule has 78 valence electrons. The van der Waals surface area contributed by atoms with E-state index >= 15 is 0 Å². The van der Waals surface area contributed by atoms with Gasteiger partial charge in [0.05, 0.1) is 6.10 Å². The van der Waals surface area contributed by atoms with Crippen LogP contribution in [0.2, 0.25) is 0 Å². The Morgan fingerprint density at radius 3 is 2.69 bits per heavy atom. The van der Waals surface area contributed by atoms with Gasteiger partial charge < -0.3 is 5.11 Å². The number of aliphatic hydroxyl groups excluding tert-OH is 1. The molecule has 0 aromatic rings. The van der Waals surface area contributed by atoms with Crippen LogP contribution < -0.4 is 0 Å². The molecule has 1 nitrogen and oxygen atoms in total. The van der Waals surface area contributed by atoms with Crippen LogP contribution >= 0.6 is 0 Å². The van der Waals surface area contributed by atoms with Crippen LogP contribution in [0.25, 0.3) is 0 Å². The highest BCUT2D eigenvalue weighted by atomic mass is 16.3. The van der Waals surface area contributed by atoms with Crippen molar-refractivity contribution in [3.05, 3.63) is 0 Å². The summed E-state index contributed by atoms with van der Waals surface area (Å²) in [6.45, 7) is 2.25. The first-order valence-corrected chi connectivity index (χ1v) is 6.01. The molecule has 0 aliphatic heterocycles. The Hall–Kier alpha value is -0.0400. The maximum Gasteiger partial charge on any atom is 0.0542 e. The summed E-state index contributed by atoms with van der Waals surface area (Å²) in [6, 6.07) is 0. The molecule has 0 aromatic heterocycles. The average Bonchev–Trinajstić information content (AvgIpc) is 2.13. The van der Waals surface area contributed by atoms with Gasteiger partial charge in [0.25, 0.3) is 0 Å². The van der Waals surface area contributed by atoms with E-state index in [1.54, 1.807) is 0 Å². The van der Waals surface area contributed by atoms with Gasteiger partial charge in [0.2, 0.25) is 0 Å². The number of hydrogen-bond donors (Lipinski definition) is 1. The van der Waals surface area contributed by atoms with Crippen LogP contribution in [-0.4, -0.2) is 11.2 Å². The Morgan fingerprint density at radius 2 is 2.00 bits per heavy atom. The third kappa shape index (κ3) is 4.66. The second-order valence-corrected chi connectivity index (χ2v) is 4.54. The molecular formula is C12H24O. The second kappa shape index (κ2) is 6.42. The molecule has 2 unspecified atom stereocenters. The SMILES string of the molecule is CCCCCCC1CCCC(O)C1. The number of unbranched alkanes of at least 4 members (excludes halogenated alkanes) is 3. The molecule has 0 radical (unpaired) electrons. The van der Waals surface area contributed by atoms with Crippen LogP contribution in [0.5, 0.6) is 0 Å². The Morgan fingerprint density at radius 1 is 1.15 bits per heavy atom. The Labute approximate surface area is 82.5 Å². The molecule has 0 heterocycles. The summed E-state index contributed by atoms with van der Waals surface area (Å²) < 4.78 is 0. The summed E-state index contributed by atoms with van der Waals surface area (Å²) in [5, 5.41) is 9.48. The molecule has 13 heavy (non-hydrogen) atoms. The van der Waals surface area contributed by atoms with E-state index in [2.05, 4.69) is 6.92 Å². The zero-order chi connectivity index (χ0) is 9.52. The lowest BCUT2D eigenvalue weighted by molar-refractivity contribution is 0.0974. The third-order valence-electron chi connectivity index (χ3n) is 3.22. The quantitative estimate of drug-likeness (QED) is 0.648. The summed E-state index contributed by atoms with van der Waals surface area (Å²) in [4.78, 5) is 0. The van der Waals surface area contributed by atoms with Crippen molar-refractivity contribution in [2.45, 2.75) is 70.8 Å². The van der Waals surface area contributed by atoms with Crippen LogP contribution in [-0.2, 0) is 0 Å². The minimum Gasteiger partial charge on any atom is -0.393 e. The third-order valence-corrected chi connectivity index (χ3v) is 3.22. The predicted molar refractivity (Wildman–Crippen MR) is 56.7 cm³/mol. The van der Waals surface area contributed by atoms with Crippen molar-refractivity contribution >= 4 is 0 Å². The van der Waals surface area contributed by atoms with Crippen molar-refractivity contribution < 1.29 is 5.11 Å². The van der Waals surface area contributed by atoms with Gasteiger partial charge in [-0.1, -0.05) is 51.9 Å². The van der Waals surface area contributed by atoms with Crippen LogP contribution in [0.3, 0.4) is 0 Å². The first kappa shape index (κ1) is 11.0. The van der Waals surface area contributed by atoms with E-state index in [0.29, 0.717) is 0 Å². The molecule has 1 aliphatic carbocycles. The largest absolute Gasteiger partial charge is 0.393 e. The van der Waals surface area contributed by atoms with Crippen molar-refractivity contribution in [1.29, 1.82) is 0 Å². The first-order valence-electron chi connectivity index (χ1n) is 6.01. The van der Waals surface area contributed by atoms with Crippen molar-refractivity contribution in [3.63, 3.8) is 0 Å². The maximum atomic E-state index is 9.48. The van der Waals surface area contributed by atoms with Gasteiger partial charge in [-0.05, 0) is 18.8 Å². The zero-order valence-electron chi connectivity index (χ0n) is 8.97. The molecule has 0 amide bonds. The van der Waals surface area contributed by atoms with E-state index < -0.39 is 0 Å². The van der Waals surface area contributed by atoms with Crippen LogP contribution in [0.4, 0.5) is 0 Å². The number of aliphatic hydroxyl groups is 1. The lowest BCUT2D eigenvalue weighted by Crippen LogP contribution is -2.19. The number of rotatable bonds is 5. The van der Waals surface area contributed by atoms with Crippen molar-refractivity contribution in [2.24, 2.45) is 5.92 Å². The molecule has 1 saturated carbocycles. The molecule has 1 fully saturated rings. The molecule has 0 bridgehead atoms. The molecule has 2 atom stereocenters. The molecule has 0 saturated heterocycles. The van der Waals surface area contributed by atoms with Crippen LogP contribution in [0.1, 0.15) is 64.7 Å². The standard InChI is InChI=1S/C12H24O/c1-2-3-4-5-7-11-8-6-9-12(13)10-11/h11-13H,2-10H2,1H3. The highest BCUT2D eigenvalue weighted by Crippen LogP contribution is 2.28. The van der Waals surface area contributed by atoms with E-state index in [1.807, 2.05) is 0 Å². The van der Waals surface area contributed by atoms with E-state index in [1.165, 1.54) is 44.9 Å². The lowest BCUT2D eigenvalue weighted by atomic mass is 9.84. The minimum absolute atomic E-state index is 0.0184. The van der Waals surface area contributed by atoms with E-state index in [-0.39, 0.29) is 6.10 Å². The summed E-state index contributed by atoms with van der Waals surface area (Å²) in [6.07, 6.45) is 11.6. The first-order chi connectivity index (χ1) is 6.33. The number of hydrogen-bond acceptors (Lipinski definition) is 1. The Kier molecular flexibility index (Phi) is 5.45. The van der Waals surface area contributed by atoms with Gasteiger partial charge in [0.15, 0.2) is 0 Å². The van der Waals surface area contributed by atoms with E-state index in [0.717, 1.165) is 18.8 Å². The van der Waals surface area contributed by atoms with Gasteiger partial charge in [-0.15, -0.1) is 0 Å². The molecule has 0 aromatic carbocycles. The van der Waals surface area contributed by atoms with E-state index in [9.17, 15) is 5.11 Å². The summed E-state index contributed by atoms with van der Waals surface area (Å²) in [5.74, 6) is 0.834. The normalized spacial score (nSPS) is 29.1. The van der Waals surface area contributed by atoms with Gasteiger partial charge in [-0.3, -0.25) is 0 Å². The fraction of sp³-hybridized carbons (Fsp3) is 1.00. The maximum absolute atomic E-state index is 9.48. The highest BCUT2D eigenvalue weighted by Gasteiger charge is 2.19. The average molecular weight is 184 g/mol. The summed E-state index contributed by atoms with van der Waals surface area (Å²) >= 11 is 0. The summed E-state index contributed by atoms with van der Waals surface area (Å²) in [7, 11) is 0. The molecular weight excluding hydrogens is 160 g/mol. The van der Waals surface area contributed by atoms with Gasteiger partial charge in [-0.2, -0.15) is 0 Å². The van der Waals surface area contributed by atoms with Gasteiger partial charge in [0.1, 0.15) is 0 Å². The molecule has 1 N–H and O–H groups in total. The molecule has 1 aliphatic rings. The second-order valence-electron chi connectivity index (χ2n) is 4.54. The molecule has 0 spiro atoms. The highest BCUT2D eigenvalue weighted by molar-refractivity contribution is 4.71. The van der Waals surface area contributed by atoms with E-state index in [4.69, 9.17) is 0 Å². The summed E-state index contributed by atoms with van der Waals surface area (Å²) in [5.41, 5.74) is 0. The predicted octanol–water partition coefficient (Wildman–Crippen LogP) is 3.51. The van der Waals surface area contributed by atoms with Crippen molar-refractivity contribution in [3.8, 4) is 0 Å². The van der Waals surface area contributed by atoms with Gasteiger partial charge >= 0.3 is 0 Å². The van der Waals surface area contributed by atoms with Crippen molar-refractivity contribution in [1.82, 2.24) is 0 Å². The fourth-order valence-corrected chi connectivity index (χ4v) is 2.38. The molecule has 1 rings (SSSR count). The van der Waals surface area contributed by atoms with Crippen molar-refractivity contribution in [2.75, 3.05) is 0 Å². The fourth-order valence-electron chi connectivity index (χ4n) is 2.38.